The second-order valence-corrected chi connectivity index (χ2v) is 7.09. The zero-order valence-corrected chi connectivity index (χ0v) is 15.0. The number of amides is 1. The fourth-order valence-corrected chi connectivity index (χ4v) is 4.23. The number of hydrogen-bond donors (Lipinski definition) is 1. The number of fused-ring (bicyclic) bond motifs is 1. The molecule has 0 fully saturated rings. The van der Waals surface area contributed by atoms with E-state index in [2.05, 4.69) is 11.4 Å². The molecule has 1 N–H and O–H groups in total. The summed E-state index contributed by atoms with van der Waals surface area (Å²) in [5.41, 5.74) is 2.43. The third-order valence-electron chi connectivity index (χ3n) is 4.39. The number of ether oxygens (including phenoxy) is 2. The molecule has 0 radical (unpaired) electrons. The topological polar surface area (TPSA) is 47.6 Å². The summed E-state index contributed by atoms with van der Waals surface area (Å²) in [6, 6.07) is 7.83. The first-order valence-corrected chi connectivity index (χ1v) is 9.13. The Bertz CT molecular complexity index is 700. The van der Waals surface area contributed by atoms with Crippen LogP contribution < -0.4 is 14.8 Å². The third kappa shape index (κ3) is 3.73. The molecule has 1 aromatic heterocycles. The first-order valence-electron chi connectivity index (χ1n) is 8.32. The summed E-state index contributed by atoms with van der Waals surface area (Å²) in [6.45, 7) is 0.587. The molecular formula is C19H23NO3S. The minimum Gasteiger partial charge on any atom is -0.497 e. The van der Waals surface area contributed by atoms with Gasteiger partial charge >= 0.3 is 0 Å². The second kappa shape index (κ2) is 7.71. The van der Waals surface area contributed by atoms with Crippen LogP contribution in [0.3, 0.4) is 0 Å². The van der Waals surface area contributed by atoms with Crippen molar-refractivity contribution >= 4 is 17.2 Å². The van der Waals surface area contributed by atoms with Crippen molar-refractivity contribution in [1.29, 1.82) is 0 Å². The number of thiophene rings is 1. The van der Waals surface area contributed by atoms with Gasteiger partial charge in [-0.25, -0.2) is 0 Å². The van der Waals surface area contributed by atoms with Gasteiger partial charge in [0, 0.05) is 17.5 Å². The highest BCUT2D eigenvalue weighted by molar-refractivity contribution is 7.14. The van der Waals surface area contributed by atoms with Crippen molar-refractivity contribution in [2.24, 2.45) is 0 Å². The molecule has 128 valence electrons. The summed E-state index contributed by atoms with van der Waals surface area (Å²) in [4.78, 5) is 14.6. The average Bonchev–Trinajstić information content (AvgIpc) is 3.06. The van der Waals surface area contributed by atoms with Crippen molar-refractivity contribution in [3.05, 3.63) is 45.1 Å². The van der Waals surface area contributed by atoms with E-state index in [-0.39, 0.29) is 5.91 Å². The number of methoxy groups -OCH3 is 2. The van der Waals surface area contributed by atoms with Gasteiger partial charge < -0.3 is 14.8 Å². The highest BCUT2D eigenvalue weighted by atomic mass is 32.1. The van der Waals surface area contributed by atoms with Crippen LogP contribution in [-0.4, -0.2) is 26.7 Å². The second-order valence-electron chi connectivity index (χ2n) is 5.95. The lowest BCUT2D eigenvalue weighted by atomic mass is 9.99. The molecule has 1 aromatic carbocycles. The van der Waals surface area contributed by atoms with Gasteiger partial charge in [0.2, 0.25) is 0 Å². The Morgan fingerprint density at radius 1 is 1.17 bits per heavy atom. The smallest absolute Gasteiger partial charge is 0.261 e. The summed E-state index contributed by atoms with van der Waals surface area (Å²) in [6.07, 6.45) is 5.44. The molecule has 3 rings (SSSR count). The van der Waals surface area contributed by atoms with Crippen LogP contribution in [0.5, 0.6) is 11.5 Å². The van der Waals surface area contributed by atoms with Crippen LogP contribution in [0.2, 0.25) is 0 Å². The highest BCUT2D eigenvalue weighted by Gasteiger charge is 2.17. The Kier molecular flexibility index (Phi) is 5.41. The summed E-state index contributed by atoms with van der Waals surface area (Å²) in [5, 5.41) is 3.02. The molecule has 0 saturated heterocycles. The first kappa shape index (κ1) is 16.8. The Morgan fingerprint density at radius 3 is 2.75 bits per heavy atom. The van der Waals surface area contributed by atoms with Gasteiger partial charge in [0.05, 0.1) is 19.1 Å². The van der Waals surface area contributed by atoms with Crippen LogP contribution in [0, 0.1) is 0 Å². The van der Waals surface area contributed by atoms with E-state index in [1.165, 1.54) is 23.3 Å². The van der Waals surface area contributed by atoms with Crippen LogP contribution in [-0.2, 0) is 19.3 Å². The monoisotopic (exact) mass is 345 g/mol. The number of benzene rings is 1. The van der Waals surface area contributed by atoms with Crippen molar-refractivity contribution in [2.75, 3.05) is 20.8 Å². The van der Waals surface area contributed by atoms with Crippen LogP contribution >= 0.6 is 11.3 Å². The van der Waals surface area contributed by atoms with E-state index in [1.807, 2.05) is 18.2 Å². The van der Waals surface area contributed by atoms with Gasteiger partial charge in [-0.05, 0) is 55.4 Å². The van der Waals surface area contributed by atoms with Crippen molar-refractivity contribution in [3.8, 4) is 11.5 Å². The number of carbonyl (C=O) groups is 1. The first-order chi connectivity index (χ1) is 11.7. The predicted molar refractivity (Wildman–Crippen MR) is 96.5 cm³/mol. The maximum absolute atomic E-state index is 12.4. The molecule has 0 aliphatic heterocycles. The standard InChI is InChI=1S/C19H23NO3S/c1-22-15-8-7-13(16(12-15)23-2)9-10-20-19(21)18-11-14-5-3-4-6-17(14)24-18/h7-8,11-12H,3-6,9-10H2,1-2H3,(H,20,21). The fraction of sp³-hybridized carbons (Fsp3) is 0.421. The van der Waals surface area contributed by atoms with Gasteiger partial charge in [-0.1, -0.05) is 6.07 Å². The lowest BCUT2D eigenvalue weighted by molar-refractivity contribution is 0.0958. The Morgan fingerprint density at radius 2 is 2.00 bits per heavy atom. The minimum atomic E-state index is 0.0295. The van der Waals surface area contributed by atoms with Crippen LogP contribution in [0.1, 0.15) is 38.5 Å². The zero-order chi connectivity index (χ0) is 16.9. The molecule has 5 heteroatoms. The number of nitrogens with one attached hydrogen (secondary N) is 1. The molecule has 24 heavy (non-hydrogen) atoms. The molecule has 2 aromatic rings. The number of rotatable bonds is 6. The molecule has 0 bridgehead atoms. The van der Waals surface area contributed by atoms with Gasteiger partial charge in [0.1, 0.15) is 11.5 Å². The number of carbonyl (C=O) groups excluding carboxylic acids is 1. The Balaban J connectivity index is 1.58. The maximum atomic E-state index is 12.4. The summed E-state index contributed by atoms with van der Waals surface area (Å²) < 4.78 is 10.6. The predicted octanol–water partition coefficient (Wildman–Crippen LogP) is 3.62. The molecule has 1 aliphatic carbocycles. The van der Waals surface area contributed by atoms with E-state index < -0.39 is 0 Å². The number of aryl methyl sites for hydroxylation is 2. The lowest BCUT2D eigenvalue weighted by Gasteiger charge is -2.10. The highest BCUT2D eigenvalue weighted by Crippen LogP contribution is 2.29. The van der Waals surface area contributed by atoms with Crippen LogP contribution in [0.4, 0.5) is 0 Å². The maximum Gasteiger partial charge on any atom is 0.261 e. The lowest BCUT2D eigenvalue weighted by Crippen LogP contribution is -2.25. The molecule has 0 saturated carbocycles. The van der Waals surface area contributed by atoms with Crippen molar-refractivity contribution in [3.63, 3.8) is 0 Å². The molecule has 0 atom stereocenters. The van der Waals surface area contributed by atoms with Gasteiger partial charge in [0.15, 0.2) is 0 Å². The molecule has 1 heterocycles. The minimum absolute atomic E-state index is 0.0295. The largest absolute Gasteiger partial charge is 0.497 e. The fourth-order valence-electron chi connectivity index (χ4n) is 3.06. The van der Waals surface area contributed by atoms with Crippen molar-refractivity contribution in [2.45, 2.75) is 32.1 Å². The van der Waals surface area contributed by atoms with E-state index in [9.17, 15) is 4.79 Å². The molecular weight excluding hydrogens is 322 g/mol. The molecule has 1 aliphatic rings. The van der Waals surface area contributed by atoms with Gasteiger partial charge in [-0.15, -0.1) is 11.3 Å². The van der Waals surface area contributed by atoms with Gasteiger partial charge in [-0.3, -0.25) is 4.79 Å². The normalized spacial score (nSPS) is 13.2. The molecule has 4 nitrogen and oxygen atoms in total. The summed E-state index contributed by atoms with van der Waals surface area (Å²) in [5.74, 6) is 1.58. The number of hydrogen-bond acceptors (Lipinski definition) is 4. The summed E-state index contributed by atoms with van der Waals surface area (Å²) in [7, 11) is 3.28. The third-order valence-corrected chi connectivity index (χ3v) is 5.63. The zero-order valence-electron chi connectivity index (χ0n) is 14.2. The summed E-state index contributed by atoms with van der Waals surface area (Å²) >= 11 is 1.65. The van der Waals surface area contributed by atoms with Crippen molar-refractivity contribution in [1.82, 2.24) is 5.32 Å². The van der Waals surface area contributed by atoms with Gasteiger partial charge in [0.25, 0.3) is 5.91 Å². The Hall–Kier alpha value is -2.01. The molecule has 0 unspecified atom stereocenters. The van der Waals surface area contributed by atoms with Crippen LogP contribution in [0.25, 0.3) is 0 Å². The van der Waals surface area contributed by atoms with E-state index in [4.69, 9.17) is 9.47 Å². The van der Waals surface area contributed by atoms with Gasteiger partial charge in [-0.2, -0.15) is 0 Å². The molecule has 0 spiro atoms. The quantitative estimate of drug-likeness (QED) is 0.870. The van der Waals surface area contributed by atoms with E-state index in [0.717, 1.165) is 41.2 Å². The molecule has 1 amide bonds. The van der Waals surface area contributed by atoms with Crippen molar-refractivity contribution < 1.29 is 14.3 Å². The van der Waals surface area contributed by atoms with Crippen LogP contribution in [0.15, 0.2) is 24.3 Å². The Labute approximate surface area is 146 Å². The van der Waals surface area contributed by atoms with E-state index in [1.54, 1.807) is 25.6 Å². The average molecular weight is 345 g/mol. The van der Waals surface area contributed by atoms with E-state index in [0.29, 0.717) is 6.54 Å². The SMILES string of the molecule is COc1ccc(CCNC(=O)c2cc3c(s2)CCCC3)c(OC)c1. The van der Waals surface area contributed by atoms with E-state index >= 15 is 0 Å².